The Morgan fingerprint density at radius 3 is 2.86 bits per heavy atom. The van der Waals surface area contributed by atoms with Crippen molar-refractivity contribution in [1.29, 1.82) is 0 Å². The fraction of sp³-hybridized carbons (Fsp3) is 0.118. The molecule has 1 aromatic carbocycles. The number of aromatic amines is 1. The largest absolute Gasteiger partial charge is 0.360 e. The summed E-state index contributed by atoms with van der Waals surface area (Å²) < 4.78 is 19.5. The van der Waals surface area contributed by atoms with E-state index in [1.807, 2.05) is 0 Å². The molecule has 0 saturated carbocycles. The molecule has 3 heterocycles. The minimum Gasteiger partial charge on any atom is -0.360 e. The first-order valence-electron chi connectivity index (χ1n) is 8.09. The number of fused-ring (bicyclic) bond motifs is 1. The van der Waals surface area contributed by atoms with Crippen LogP contribution in [0.2, 0.25) is 0 Å². The second kappa shape index (κ2) is 7.27. The van der Waals surface area contributed by atoms with Crippen LogP contribution in [0.4, 0.5) is 10.2 Å². The second-order valence-electron chi connectivity index (χ2n) is 5.80. The van der Waals surface area contributed by atoms with Crippen molar-refractivity contribution < 1.29 is 13.7 Å². The molecule has 0 aliphatic rings. The van der Waals surface area contributed by atoms with Crippen LogP contribution in [0.3, 0.4) is 0 Å². The quantitative estimate of drug-likeness (QED) is 0.390. The van der Waals surface area contributed by atoms with Crippen LogP contribution in [-0.4, -0.2) is 36.6 Å². The van der Waals surface area contributed by atoms with E-state index in [4.69, 9.17) is 4.52 Å². The highest BCUT2D eigenvalue weighted by Gasteiger charge is 2.13. The number of nitrogens with one attached hydrogen (secondary N) is 2. The molecule has 11 heteroatoms. The molecule has 142 valence electrons. The third kappa shape index (κ3) is 3.64. The van der Waals surface area contributed by atoms with E-state index in [1.54, 1.807) is 13.0 Å². The number of carbonyl (C=O) groups is 1. The number of aromatic nitrogens is 5. The number of hydrogen-bond donors (Lipinski definition) is 2. The lowest BCUT2D eigenvalue weighted by Crippen LogP contribution is -2.16. The zero-order valence-electron chi connectivity index (χ0n) is 14.5. The minimum atomic E-state index is -0.381. The standard InChI is InChI=1S/C17H13FN6O3S/c1-9-6-13(23-27-9)20-14(25)8-28-17-21-15-12(16(26)22-17)7-19-24(15)11-4-2-10(18)3-5-11/h2-7H,8H2,1H3,(H,20,23,25)(H,21,22,26). The van der Waals surface area contributed by atoms with Crippen LogP contribution >= 0.6 is 11.8 Å². The molecule has 0 atom stereocenters. The molecule has 0 aliphatic carbocycles. The maximum atomic E-state index is 13.2. The van der Waals surface area contributed by atoms with Crippen LogP contribution in [0.25, 0.3) is 16.7 Å². The summed E-state index contributed by atoms with van der Waals surface area (Å²) in [6, 6.07) is 7.24. The van der Waals surface area contributed by atoms with Crippen LogP contribution in [0.1, 0.15) is 5.76 Å². The van der Waals surface area contributed by atoms with Crippen LogP contribution in [0.15, 0.2) is 51.0 Å². The van der Waals surface area contributed by atoms with Gasteiger partial charge in [-0.15, -0.1) is 0 Å². The van der Waals surface area contributed by atoms with Crippen LogP contribution in [0.5, 0.6) is 0 Å². The van der Waals surface area contributed by atoms with Crippen molar-refractivity contribution in [2.45, 2.75) is 12.1 Å². The normalized spacial score (nSPS) is 11.1. The molecule has 4 rings (SSSR count). The Labute approximate surface area is 160 Å². The van der Waals surface area contributed by atoms with E-state index < -0.39 is 0 Å². The number of halogens is 1. The van der Waals surface area contributed by atoms with Crippen molar-refractivity contribution in [3.8, 4) is 5.69 Å². The number of H-pyrrole nitrogens is 1. The molecule has 4 aromatic rings. The van der Waals surface area contributed by atoms with Crippen molar-refractivity contribution in [3.63, 3.8) is 0 Å². The van der Waals surface area contributed by atoms with Gasteiger partial charge in [-0.1, -0.05) is 16.9 Å². The summed E-state index contributed by atoms with van der Waals surface area (Å²) in [4.78, 5) is 31.3. The van der Waals surface area contributed by atoms with Gasteiger partial charge >= 0.3 is 0 Å². The Morgan fingerprint density at radius 1 is 1.36 bits per heavy atom. The first-order chi connectivity index (χ1) is 13.5. The van der Waals surface area contributed by atoms with E-state index in [9.17, 15) is 14.0 Å². The zero-order chi connectivity index (χ0) is 19.7. The molecule has 3 aromatic heterocycles. The van der Waals surface area contributed by atoms with Crippen molar-refractivity contribution in [3.05, 3.63) is 58.5 Å². The Morgan fingerprint density at radius 2 is 2.14 bits per heavy atom. The molecular weight excluding hydrogens is 387 g/mol. The molecule has 0 radical (unpaired) electrons. The fourth-order valence-electron chi connectivity index (χ4n) is 2.48. The van der Waals surface area contributed by atoms with Crippen molar-refractivity contribution in [2.75, 3.05) is 11.1 Å². The fourth-order valence-corrected chi connectivity index (χ4v) is 3.13. The van der Waals surface area contributed by atoms with Crippen molar-refractivity contribution >= 4 is 34.5 Å². The predicted molar refractivity (Wildman–Crippen MR) is 100 cm³/mol. The number of anilines is 1. The summed E-state index contributed by atoms with van der Waals surface area (Å²) in [6.07, 6.45) is 1.39. The highest BCUT2D eigenvalue weighted by molar-refractivity contribution is 7.99. The van der Waals surface area contributed by atoms with Crippen LogP contribution in [-0.2, 0) is 4.79 Å². The van der Waals surface area contributed by atoms with E-state index in [0.717, 1.165) is 11.8 Å². The Bertz CT molecular complexity index is 1210. The smallest absolute Gasteiger partial charge is 0.262 e. The summed E-state index contributed by atoms with van der Waals surface area (Å²) in [5.41, 5.74) is 0.489. The van der Waals surface area contributed by atoms with Gasteiger partial charge in [0, 0.05) is 6.07 Å². The number of thioether (sulfide) groups is 1. The van der Waals surface area contributed by atoms with Gasteiger partial charge in [-0.25, -0.2) is 14.1 Å². The molecule has 0 saturated heterocycles. The molecule has 0 fully saturated rings. The average molecular weight is 400 g/mol. The Balaban J connectivity index is 1.56. The Kier molecular flexibility index (Phi) is 4.65. The first-order valence-corrected chi connectivity index (χ1v) is 9.08. The lowest BCUT2D eigenvalue weighted by Gasteiger charge is -2.04. The number of carbonyl (C=O) groups excluding carboxylic acids is 1. The van der Waals surface area contributed by atoms with Gasteiger partial charge in [0.1, 0.15) is 17.0 Å². The van der Waals surface area contributed by atoms with Crippen LogP contribution < -0.4 is 10.9 Å². The monoisotopic (exact) mass is 400 g/mol. The number of amides is 1. The molecule has 0 bridgehead atoms. The molecule has 2 N–H and O–H groups in total. The highest BCUT2D eigenvalue weighted by Crippen LogP contribution is 2.18. The second-order valence-corrected chi connectivity index (χ2v) is 6.76. The van der Waals surface area contributed by atoms with Gasteiger partial charge in [0.15, 0.2) is 16.6 Å². The number of rotatable bonds is 5. The summed E-state index contributed by atoms with van der Waals surface area (Å²) in [6.45, 7) is 1.71. The highest BCUT2D eigenvalue weighted by atomic mass is 32.2. The van der Waals surface area contributed by atoms with Gasteiger partial charge in [0.05, 0.1) is 17.6 Å². The topological polar surface area (TPSA) is 119 Å². The molecule has 0 unspecified atom stereocenters. The van der Waals surface area contributed by atoms with Gasteiger partial charge < -0.3 is 14.8 Å². The van der Waals surface area contributed by atoms with E-state index in [-0.39, 0.29) is 33.6 Å². The third-order valence-corrected chi connectivity index (χ3v) is 4.60. The number of aryl methyl sites for hydroxylation is 1. The molecule has 1 amide bonds. The molecular formula is C17H13FN6O3S. The van der Waals surface area contributed by atoms with E-state index in [1.165, 1.54) is 35.1 Å². The zero-order valence-corrected chi connectivity index (χ0v) is 15.3. The molecule has 0 spiro atoms. The Hall–Kier alpha value is -3.47. The first kappa shape index (κ1) is 17.9. The molecule has 28 heavy (non-hydrogen) atoms. The number of nitrogens with zero attached hydrogens (tertiary/aromatic N) is 4. The number of hydrogen-bond acceptors (Lipinski definition) is 7. The third-order valence-electron chi connectivity index (χ3n) is 3.72. The van der Waals surface area contributed by atoms with E-state index in [0.29, 0.717) is 22.9 Å². The van der Waals surface area contributed by atoms with Gasteiger partial charge in [-0.2, -0.15) is 5.10 Å². The molecule has 9 nitrogen and oxygen atoms in total. The van der Waals surface area contributed by atoms with Crippen molar-refractivity contribution in [1.82, 2.24) is 24.9 Å². The SMILES string of the molecule is Cc1cc(NC(=O)CSc2nc3c(cnn3-c3ccc(F)cc3)c(=O)[nH]2)no1. The van der Waals surface area contributed by atoms with Crippen LogP contribution in [0, 0.1) is 12.7 Å². The van der Waals surface area contributed by atoms with Gasteiger partial charge in [0.25, 0.3) is 5.56 Å². The van der Waals surface area contributed by atoms with Gasteiger partial charge in [0.2, 0.25) is 5.91 Å². The molecule has 0 aliphatic heterocycles. The summed E-state index contributed by atoms with van der Waals surface area (Å²) in [5, 5.41) is 11.0. The van der Waals surface area contributed by atoms with E-state index >= 15 is 0 Å². The lowest BCUT2D eigenvalue weighted by molar-refractivity contribution is -0.113. The predicted octanol–water partition coefficient (Wildman–Crippen LogP) is 2.28. The average Bonchev–Trinajstić information content (AvgIpc) is 3.27. The summed E-state index contributed by atoms with van der Waals surface area (Å²) in [7, 11) is 0. The maximum absolute atomic E-state index is 13.2. The summed E-state index contributed by atoms with van der Waals surface area (Å²) in [5.74, 6) is 0.192. The maximum Gasteiger partial charge on any atom is 0.262 e. The van der Waals surface area contributed by atoms with Gasteiger partial charge in [-0.3, -0.25) is 9.59 Å². The lowest BCUT2D eigenvalue weighted by atomic mass is 10.3. The minimum absolute atomic E-state index is 0.00500. The number of benzene rings is 1. The van der Waals surface area contributed by atoms with E-state index in [2.05, 4.69) is 25.5 Å². The van der Waals surface area contributed by atoms with Crippen molar-refractivity contribution in [2.24, 2.45) is 0 Å². The van der Waals surface area contributed by atoms with Gasteiger partial charge in [-0.05, 0) is 31.2 Å². The summed E-state index contributed by atoms with van der Waals surface area (Å²) >= 11 is 1.06.